The average molecular weight is 413 g/mol. The van der Waals surface area contributed by atoms with Crippen LogP contribution in [0.5, 0.6) is 11.5 Å². The third kappa shape index (κ3) is 3.20. The second-order valence-corrected chi connectivity index (χ2v) is 7.42. The summed E-state index contributed by atoms with van der Waals surface area (Å²) in [6.45, 7) is 2.44. The number of halogens is 2. The van der Waals surface area contributed by atoms with Crippen LogP contribution in [-0.4, -0.2) is 41.2 Å². The molecule has 29 heavy (non-hydrogen) atoms. The molecular formula is C21H21BClFN3O2. The zero-order valence-electron chi connectivity index (χ0n) is 16.2. The molecular weight excluding hydrogens is 392 g/mol. The number of phenolic OH excluding ortho intramolecular Hbond substituents is 1. The molecule has 0 saturated carbocycles. The van der Waals surface area contributed by atoms with Crippen LogP contribution >= 0.6 is 11.6 Å². The lowest BCUT2D eigenvalue weighted by molar-refractivity contribution is -0.329. The maximum Gasteiger partial charge on any atom is 0.533 e. The summed E-state index contributed by atoms with van der Waals surface area (Å²) in [5.41, 5.74) is 10.7. The van der Waals surface area contributed by atoms with Gasteiger partial charge in [-0.25, -0.2) is 0 Å². The lowest BCUT2D eigenvalue weighted by atomic mass is 9.91. The van der Waals surface area contributed by atoms with Crippen LogP contribution in [0, 0.1) is 6.92 Å². The number of aromatic hydroxyl groups is 1. The topological polar surface area (TPSA) is 63.4 Å². The van der Waals surface area contributed by atoms with E-state index in [9.17, 15) is 5.11 Å². The van der Waals surface area contributed by atoms with Crippen molar-refractivity contribution in [3.8, 4) is 11.5 Å². The second kappa shape index (κ2) is 7.57. The predicted octanol–water partition coefficient (Wildman–Crippen LogP) is 3.86. The fraction of sp³-hybridized carbons (Fsp3) is 0.190. The summed E-state index contributed by atoms with van der Waals surface area (Å²) < 4.78 is 23.8. The fourth-order valence-corrected chi connectivity index (χ4v) is 4.16. The summed E-state index contributed by atoms with van der Waals surface area (Å²) in [6, 6.07) is 5.10. The number of allylic oxidation sites excluding steroid dienone is 2. The molecule has 0 aliphatic carbocycles. The number of aromatic nitrogens is 1. The summed E-state index contributed by atoms with van der Waals surface area (Å²) >= 11 is 6.11. The minimum atomic E-state index is -1.37. The number of methoxy groups -OCH3 is 1. The quantitative estimate of drug-likeness (QED) is 0.733. The van der Waals surface area contributed by atoms with E-state index in [0.717, 1.165) is 22.5 Å². The van der Waals surface area contributed by atoms with Crippen molar-refractivity contribution in [1.82, 2.24) is 4.48 Å². The van der Waals surface area contributed by atoms with Gasteiger partial charge in [0.1, 0.15) is 6.21 Å². The predicted molar refractivity (Wildman–Crippen MR) is 116 cm³/mol. The van der Waals surface area contributed by atoms with Gasteiger partial charge in [0.05, 0.1) is 7.11 Å². The van der Waals surface area contributed by atoms with Crippen LogP contribution in [-0.2, 0) is 0 Å². The van der Waals surface area contributed by atoms with Gasteiger partial charge in [0.2, 0.25) is 0 Å². The molecule has 0 amide bonds. The van der Waals surface area contributed by atoms with Crippen molar-refractivity contribution in [1.29, 1.82) is 0 Å². The molecule has 2 aromatic rings. The highest BCUT2D eigenvalue weighted by Gasteiger charge is 2.34. The smallest absolute Gasteiger partial charge is 0.504 e. The number of aryl methyl sites for hydroxylation is 1. The molecule has 3 N–H and O–H groups in total. The van der Waals surface area contributed by atoms with Crippen LogP contribution in [0.15, 0.2) is 36.0 Å². The third-order valence-electron chi connectivity index (χ3n) is 5.19. The molecule has 1 aromatic carbocycles. The first kappa shape index (κ1) is 19.5. The van der Waals surface area contributed by atoms with Crippen molar-refractivity contribution in [2.45, 2.75) is 13.3 Å². The van der Waals surface area contributed by atoms with E-state index in [4.69, 9.17) is 22.1 Å². The Hall–Kier alpha value is -2.77. The molecule has 149 valence electrons. The lowest BCUT2D eigenvalue weighted by Gasteiger charge is -2.30. The van der Waals surface area contributed by atoms with Gasteiger partial charge in [-0.15, -0.1) is 0 Å². The molecule has 0 spiro atoms. The lowest BCUT2D eigenvalue weighted by Crippen LogP contribution is -2.39. The molecule has 2 aliphatic heterocycles. The standard InChI is InChI=1S/C21H20BClFN3O2/c1-13-10-16(6-5-14-11-15(23)12-19(29-2)21(14)28)27-20(13)17(7-8-25)18-4-3-9-26(18)22(27)24/h3-6,9-12H,7-8,25H2,1-2H3/q-1/p+1/b6-5+. The number of fused-ring (bicyclic) bond motifs is 2. The molecule has 4 rings (SSSR count). The van der Waals surface area contributed by atoms with Gasteiger partial charge in [-0.3, -0.25) is 0 Å². The van der Waals surface area contributed by atoms with Gasteiger partial charge in [-0.2, -0.15) is 0 Å². The number of phenols is 1. The minimum Gasteiger partial charge on any atom is -0.504 e. The number of ether oxygens (including phenoxy) is 1. The summed E-state index contributed by atoms with van der Waals surface area (Å²) in [6.07, 6.45) is 9.60. The fourth-order valence-electron chi connectivity index (χ4n) is 3.94. The van der Waals surface area contributed by atoms with Crippen molar-refractivity contribution in [2.24, 2.45) is 5.73 Å². The first-order chi connectivity index (χ1) is 14.0. The summed E-state index contributed by atoms with van der Waals surface area (Å²) in [7, 11) is 0.0930. The number of nitrogens with zero attached hydrogens (tertiary/aromatic N) is 2. The highest BCUT2D eigenvalue weighted by molar-refractivity contribution is 6.43. The molecule has 3 heterocycles. The highest BCUT2D eigenvalue weighted by Crippen LogP contribution is 2.37. The maximum atomic E-state index is 15.4. The number of hydrogen-bond acceptors (Lipinski definition) is 3. The van der Waals surface area contributed by atoms with E-state index in [1.165, 1.54) is 13.2 Å². The van der Waals surface area contributed by atoms with Crippen LogP contribution < -0.4 is 10.5 Å². The van der Waals surface area contributed by atoms with Gasteiger partial charge in [-0.1, -0.05) is 11.6 Å². The molecule has 1 radical (unpaired) electrons. The van der Waals surface area contributed by atoms with Crippen molar-refractivity contribution in [2.75, 3.05) is 13.7 Å². The largest absolute Gasteiger partial charge is 0.533 e. The van der Waals surface area contributed by atoms with E-state index in [-0.39, 0.29) is 11.5 Å². The van der Waals surface area contributed by atoms with Crippen LogP contribution in [0.25, 0.3) is 17.7 Å². The Bertz CT molecular complexity index is 1120. The Balaban J connectivity index is 1.82. The minimum absolute atomic E-state index is 0.0184. The van der Waals surface area contributed by atoms with E-state index in [2.05, 4.69) is 0 Å². The monoisotopic (exact) mass is 412 g/mol. The van der Waals surface area contributed by atoms with E-state index in [0.29, 0.717) is 29.2 Å². The van der Waals surface area contributed by atoms with Gasteiger partial charge < -0.3 is 28.9 Å². The van der Waals surface area contributed by atoms with Gasteiger partial charge >= 0.3 is 7.26 Å². The zero-order valence-corrected chi connectivity index (χ0v) is 16.9. The van der Waals surface area contributed by atoms with Crippen LogP contribution in [0.4, 0.5) is 4.32 Å². The Kier molecular flexibility index (Phi) is 5.11. The Morgan fingerprint density at radius 2 is 2.14 bits per heavy atom. The van der Waals surface area contributed by atoms with Gasteiger partial charge in [0.15, 0.2) is 17.2 Å². The summed E-state index contributed by atoms with van der Waals surface area (Å²) in [5.74, 6) is 0.264. The van der Waals surface area contributed by atoms with Crippen LogP contribution in [0.2, 0.25) is 5.02 Å². The van der Waals surface area contributed by atoms with Crippen molar-refractivity contribution >= 4 is 42.8 Å². The normalized spacial score (nSPS) is 15.8. The van der Waals surface area contributed by atoms with E-state index >= 15 is 4.32 Å². The Morgan fingerprint density at radius 3 is 2.86 bits per heavy atom. The van der Waals surface area contributed by atoms with E-state index < -0.39 is 7.26 Å². The van der Waals surface area contributed by atoms with Crippen molar-refractivity contribution < 1.29 is 18.6 Å². The molecule has 0 saturated heterocycles. The maximum absolute atomic E-state index is 15.4. The first-order valence-corrected chi connectivity index (χ1v) is 9.68. The number of benzene rings is 1. The SMILES string of the molecule is COc1cc(Cl)cc(/C=C/c2cc(C)c3n2[B-](F)[N+]2=CC=CC2=C3CCN)c1O. The molecule has 0 unspecified atom stereocenters. The number of nitrogens with two attached hydrogens (primary N) is 1. The molecule has 8 heteroatoms. The highest BCUT2D eigenvalue weighted by atomic mass is 35.5. The van der Waals surface area contributed by atoms with Crippen molar-refractivity contribution in [3.05, 3.63) is 63.6 Å². The second-order valence-electron chi connectivity index (χ2n) is 6.98. The molecule has 0 atom stereocenters. The third-order valence-corrected chi connectivity index (χ3v) is 5.41. The molecule has 0 fully saturated rings. The summed E-state index contributed by atoms with van der Waals surface area (Å²) in [4.78, 5) is 0. The number of hydrogen-bond donors (Lipinski definition) is 2. The first-order valence-electron chi connectivity index (χ1n) is 9.30. The van der Waals surface area contributed by atoms with Crippen LogP contribution in [0.1, 0.15) is 28.9 Å². The van der Waals surface area contributed by atoms with Gasteiger partial charge in [0, 0.05) is 45.8 Å². The van der Waals surface area contributed by atoms with Gasteiger partial charge in [0.25, 0.3) is 0 Å². The van der Waals surface area contributed by atoms with E-state index in [1.807, 2.05) is 25.1 Å². The zero-order chi connectivity index (χ0) is 20.7. The van der Waals surface area contributed by atoms with Crippen LogP contribution in [0.3, 0.4) is 0 Å². The van der Waals surface area contributed by atoms with E-state index in [1.54, 1.807) is 33.4 Å². The Morgan fingerprint density at radius 1 is 1.34 bits per heavy atom. The molecule has 2 aliphatic rings. The molecule has 5 nitrogen and oxygen atoms in total. The molecule has 1 aromatic heterocycles. The van der Waals surface area contributed by atoms with Crippen molar-refractivity contribution in [3.63, 3.8) is 0 Å². The van der Waals surface area contributed by atoms with Gasteiger partial charge in [-0.05, 0) is 49.7 Å². The summed E-state index contributed by atoms with van der Waals surface area (Å²) in [5, 5.41) is 10.8. The average Bonchev–Trinajstić information content (AvgIpc) is 3.31. The molecule has 0 bridgehead atoms. The number of rotatable bonds is 5. The Labute approximate surface area is 174 Å².